The number of pyridine rings is 1. The molecule has 0 radical (unpaired) electrons. The van der Waals surface area contributed by atoms with Crippen LogP contribution in [0.5, 0.6) is 5.75 Å². The average molecular weight is 506 g/mol. The summed E-state index contributed by atoms with van der Waals surface area (Å²) in [6.07, 6.45) is 4.42. The van der Waals surface area contributed by atoms with Gasteiger partial charge in [0.2, 0.25) is 0 Å². The molecule has 7 heteroatoms. The van der Waals surface area contributed by atoms with Crippen molar-refractivity contribution in [1.82, 2.24) is 4.98 Å². The van der Waals surface area contributed by atoms with Crippen LogP contribution in [0.25, 0.3) is 22.0 Å². The molecule has 0 aliphatic heterocycles. The summed E-state index contributed by atoms with van der Waals surface area (Å²) in [6.45, 7) is 3.93. The summed E-state index contributed by atoms with van der Waals surface area (Å²) in [6, 6.07) is 17.2. The van der Waals surface area contributed by atoms with Crippen molar-refractivity contribution in [3.63, 3.8) is 0 Å². The molecule has 3 aromatic carbocycles. The highest BCUT2D eigenvalue weighted by atomic mass is 35.5. The van der Waals surface area contributed by atoms with Crippen LogP contribution in [0, 0.1) is 0 Å². The number of hydrogen-bond donors (Lipinski definition) is 3. The number of aromatic hydroxyl groups is 1. The third kappa shape index (κ3) is 4.36. The van der Waals surface area contributed by atoms with Crippen molar-refractivity contribution in [2.45, 2.75) is 37.6 Å². The van der Waals surface area contributed by atoms with Crippen LogP contribution in [0.15, 0.2) is 60.8 Å². The molecule has 5 nitrogen and oxygen atoms in total. The van der Waals surface area contributed by atoms with E-state index in [0.717, 1.165) is 63.7 Å². The number of carbonyl (C=O) groups excluding carboxylic acids is 1. The smallest absolute Gasteiger partial charge is 0.152 e. The van der Waals surface area contributed by atoms with Gasteiger partial charge >= 0.3 is 0 Å². The molecule has 1 aliphatic carbocycles. The Morgan fingerprint density at radius 2 is 1.69 bits per heavy atom. The molecule has 1 saturated carbocycles. The number of aldehydes is 1. The largest absolute Gasteiger partial charge is 0.505 e. The van der Waals surface area contributed by atoms with Gasteiger partial charge in [0.1, 0.15) is 6.29 Å². The Morgan fingerprint density at radius 1 is 1.03 bits per heavy atom. The van der Waals surface area contributed by atoms with Crippen molar-refractivity contribution < 1.29 is 9.90 Å². The van der Waals surface area contributed by atoms with Gasteiger partial charge in [-0.1, -0.05) is 41.4 Å². The lowest BCUT2D eigenvalue weighted by Gasteiger charge is -2.21. The van der Waals surface area contributed by atoms with E-state index in [0.29, 0.717) is 0 Å². The zero-order valence-corrected chi connectivity index (χ0v) is 20.9. The van der Waals surface area contributed by atoms with Gasteiger partial charge in [0, 0.05) is 28.4 Å². The van der Waals surface area contributed by atoms with Crippen molar-refractivity contribution >= 4 is 51.8 Å². The maximum absolute atomic E-state index is 12.1. The first-order valence-electron chi connectivity index (χ1n) is 11.4. The first kappa shape index (κ1) is 23.6. The quantitative estimate of drug-likeness (QED) is 0.243. The first-order chi connectivity index (χ1) is 16.6. The predicted molar refractivity (Wildman–Crippen MR) is 143 cm³/mol. The molecule has 1 aromatic heterocycles. The molecule has 1 fully saturated rings. The van der Waals surface area contributed by atoms with Crippen molar-refractivity contribution in [3.8, 4) is 16.9 Å². The van der Waals surface area contributed by atoms with Gasteiger partial charge in [0.15, 0.2) is 5.75 Å². The minimum atomic E-state index is -0.524. The second-order valence-corrected chi connectivity index (χ2v) is 10.6. The second-order valence-electron chi connectivity index (χ2n) is 9.77. The second kappa shape index (κ2) is 8.52. The van der Waals surface area contributed by atoms with E-state index >= 15 is 0 Å². The van der Waals surface area contributed by atoms with E-state index in [-0.39, 0.29) is 15.8 Å². The molecule has 5 rings (SSSR count). The molecule has 0 saturated heterocycles. The first-order valence-corrected chi connectivity index (χ1v) is 12.1. The zero-order valence-electron chi connectivity index (χ0n) is 19.4. The van der Waals surface area contributed by atoms with E-state index < -0.39 is 11.0 Å². The Kier molecular flexibility index (Phi) is 5.75. The highest BCUT2D eigenvalue weighted by molar-refractivity contribution is 6.37. The lowest BCUT2D eigenvalue weighted by molar-refractivity contribution is -0.109. The number of anilines is 2. The lowest BCUT2D eigenvalue weighted by Crippen LogP contribution is -2.28. The maximum atomic E-state index is 12.1. The molecule has 0 spiro atoms. The van der Waals surface area contributed by atoms with Crippen molar-refractivity contribution in [3.05, 3.63) is 82.0 Å². The average Bonchev–Trinajstić information content (AvgIpc) is 3.63. The van der Waals surface area contributed by atoms with Gasteiger partial charge in [-0.15, -0.1) is 0 Å². The van der Waals surface area contributed by atoms with Crippen molar-refractivity contribution in [2.24, 2.45) is 5.73 Å². The molecular formula is C28H25Cl2N3O2. The normalized spacial score (nSPS) is 14.7. The topological polar surface area (TPSA) is 88.2 Å². The van der Waals surface area contributed by atoms with Crippen LogP contribution in [0.3, 0.4) is 0 Å². The number of carbonyl (C=O) groups is 1. The van der Waals surface area contributed by atoms with E-state index in [2.05, 4.69) is 10.3 Å². The summed E-state index contributed by atoms with van der Waals surface area (Å²) < 4.78 is 0. The summed E-state index contributed by atoms with van der Waals surface area (Å²) in [4.78, 5) is 16.7. The minimum absolute atomic E-state index is 0.144. The number of aromatic nitrogens is 1. The van der Waals surface area contributed by atoms with Gasteiger partial charge in [0.25, 0.3) is 0 Å². The van der Waals surface area contributed by atoms with Crippen LogP contribution in [0.1, 0.15) is 37.8 Å². The summed E-state index contributed by atoms with van der Waals surface area (Å²) in [5.74, 6) is -0.144. The molecule has 0 bridgehead atoms. The number of fused-ring (bicyclic) bond motifs is 1. The van der Waals surface area contributed by atoms with Crippen molar-refractivity contribution in [1.29, 1.82) is 0 Å². The fraction of sp³-hybridized carbons (Fsp3) is 0.214. The number of nitrogens with two attached hydrogens (primary N) is 1. The molecule has 35 heavy (non-hydrogen) atoms. The Bertz CT molecular complexity index is 1430. The minimum Gasteiger partial charge on any atom is -0.505 e. The maximum Gasteiger partial charge on any atom is 0.152 e. The predicted octanol–water partition coefficient (Wildman–Crippen LogP) is 7.08. The molecule has 4 N–H and O–H groups in total. The van der Waals surface area contributed by atoms with Crippen molar-refractivity contribution in [2.75, 3.05) is 5.32 Å². The van der Waals surface area contributed by atoms with E-state index in [1.807, 2.05) is 56.3 Å². The van der Waals surface area contributed by atoms with Gasteiger partial charge in [-0.2, -0.15) is 0 Å². The highest BCUT2D eigenvalue weighted by Crippen LogP contribution is 2.51. The molecule has 0 atom stereocenters. The lowest BCUT2D eigenvalue weighted by atomic mass is 9.93. The number of rotatable bonds is 6. The van der Waals surface area contributed by atoms with Gasteiger partial charge < -0.3 is 21.0 Å². The number of nitrogens with one attached hydrogen (secondary N) is 1. The molecule has 1 aliphatic rings. The Morgan fingerprint density at radius 3 is 2.26 bits per heavy atom. The van der Waals surface area contributed by atoms with Gasteiger partial charge in [-0.3, -0.25) is 4.98 Å². The third-order valence-corrected chi connectivity index (χ3v) is 7.24. The molecule has 0 amide bonds. The third-order valence-electron chi connectivity index (χ3n) is 6.67. The summed E-state index contributed by atoms with van der Waals surface area (Å²) in [7, 11) is 0. The van der Waals surface area contributed by atoms with E-state index in [9.17, 15) is 9.90 Å². The molecule has 1 heterocycles. The molecular weight excluding hydrogens is 481 g/mol. The number of nitrogens with zero attached hydrogens (tertiary/aromatic N) is 1. The fourth-order valence-corrected chi connectivity index (χ4v) is 4.82. The monoisotopic (exact) mass is 505 g/mol. The molecule has 4 aromatic rings. The Hall–Kier alpha value is -3.12. The van der Waals surface area contributed by atoms with E-state index in [1.165, 1.54) is 0 Å². The Labute approximate surface area is 213 Å². The number of benzene rings is 3. The van der Waals surface area contributed by atoms with E-state index in [1.54, 1.807) is 18.3 Å². The fourth-order valence-electron chi connectivity index (χ4n) is 4.33. The standard InChI is InChI=1S/C28H25Cl2N3O2/c1-27(2,31)18-4-6-19(7-5-18)33-25-20-11-16(17-12-22(29)26(35)23(30)13-17)3-8-24(20)32-14-21(25)28(15-34)9-10-28/h3-8,11-15,35H,9-10,31H2,1-2H3,(H,32,33). The zero-order chi connectivity index (χ0) is 25.0. The van der Waals surface area contributed by atoms with Gasteiger partial charge in [-0.05, 0) is 79.8 Å². The van der Waals surface area contributed by atoms with Gasteiger partial charge in [-0.25, -0.2) is 0 Å². The van der Waals surface area contributed by atoms with Crippen LogP contribution in [0.4, 0.5) is 11.4 Å². The summed E-state index contributed by atoms with van der Waals surface area (Å²) in [5, 5.41) is 14.7. The number of phenols is 1. The van der Waals surface area contributed by atoms with Crippen LogP contribution in [-0.2, 0) is 15.7 Å². The number of halogens is 2. The molecule has 0 unspecified atom stereocenters. The van der Waals surface area contributed by atoms with Crippen LogP contribution < -0.4 is 11.1 Å². The highest BCUT2D eigenvalue weighted by Gasteiger charge is 2.46. The Balaban J connectivity index is 1.67. The summed E-state index contributed by atoms with van der Waals surface area (Å²) in [5.41, 5.74) is 11.3. The SMILES string of the molecule is CC(C)(N)c1ccc(Nc2c(C3(C=O)CC3)cnc3ccc(-c4cc(Cl)c(O)c(Cl)c4)cc23)cc1. The van der Waals surface area contributed by atoms with Gasteiger partial charge in [0.05, 0.1) is 26.7 Å². The van der Waals surface area contributed by atoms with E-state index in [4.69, 9.17) is 28.9 Å². The van der Waals surface area contributed by atoms with Crippen LogP contribution in [0.2, 0.25) is 10.0 Å². The molecule has 178 valence electrons. The summed E-state index contributed by atoms with van der Waals surface area (Å²) >= 11 is 12.4. The number of phenolic OH excluding ortho intramolecular Hbond substituents is 1. The number of hydrogen-bond acceptors (Lipinski definition) is 5. The van der Waals surface area contributed by atoms with Crippen LogP contribution in [-0.4, -0.2) is 16.4 Å². The van der Waals surface area contributed by atoms with Crippen LogP contribution >= 0.6 is 23.2 Å².